The Labute approximate surface area is 267 Å². The van der Waals surface area contributed by atoms with Gasteiger partial charge in [-0.05, 0) is 86.1 Å². The maximum atomic E-state index is 11.8. The van der Waals surface area contributed by atoms with E-state index in [9.17, 15) is 9.90 Å². The summed E-state index contributed by atoms with van der Waals surface area (Å²) in [5.41, 5.74) is 6.27. The van der Waals surface area contributed by atoms with Crippen molar-refractivity contribution in [3.8, 4) is 11.1 Å². The Kier molecular flexibility index (Phi) is 10.8. The van der Waals surface area contributed by atoms with Crippen LogP contribution in [-0.4, -0.2) is 72.4 Å². The molecule has 3 fully saturated rings. The van der Waals surface area contributed by atoms with Gasteiger partial charge in [-0.15, -0.1) is 0 Å². The van der Waals surface area contributed by atoms with Gasteiger partial charge in [0.2, 0.25) is 0 Å². The van der Waals surface area contributed by atoms with Crippen LogP contribution < -0.4 is 10.6 Å². The van der Waals surface area contributed by atoms with Crippen LogP contribution in [0.15, 0.2) is 72.8 Å². The van der Waals surface area contributed by atoms with E-state index in [1.165, 1.54) is 45.3 Å². The fraction of sp³-hybridized carbons (Fsp3) is 0.486. The van der Waals surface area contributed by atoms with Crippen molar-refractivity contribution in [1.29, 1.82) is 0 Å². The first-order valence-corrected chi connectivity index (χ1v) is 16.8. The summed E-state index contributed by atoms with van der Waals surface area (Å²) in [6.07, 6.45) is 5.47. The van der Waals surface area contributed by atoms with Gasteiger partial charge < -0.3 is 30.1 Å². The van der Waals surface area contributed by atoms with Gasteiger partial charge in [0.15, 0.2) is 6.29 Å². The van der Waals surface area contributed by atoms with Gasteiger partial charge in [-0.25, -0.2) is 4.79 Å². The third-order valence-electron chi connectivity index (χ3n) is 9.45. The number of aliphatic hydroxyl groups excluding tert-OH is 1. The van der Waals surface area contributed by atoms with Gasteiger partial charge in [-0.1, -0.05) is 66.7 Å². The largest absolute Gasteiger partial charge is 0.392 e. The van der Waals surface area contributed by atoms with Crippen molar-refractivity contribution in [2.75, 3.05) is 39.3 Å². The number of aliphatic hydroxyl groups is 1. The lowest BCUT2D eigenvalue weighted by molar-refractivity contribution is -0.253. The molecule has 3 aliphatic heterocycles. The predicted molar refractivity (Wildman–Crippen MR) is 176 cm³/mol. The van der Waals surface area contributed by atoms with Crippen molar-refractivity contribution in [2.45, 2.75) is 76.7 Å². The molecule has 3 N–H and O–H groups in total. The maximum Gasteiger partial charge on any atom is 0.315 e. The molecule has 0 radical (unpaired) electrons. The number of ether oxygens (including phenoxy) is 2. The molecule has 6 rings (SSSR count). The lowest BCUT2D eigenvalue weighted by Crippen LogP contribution is -2.45. The lowest BCUT2D eigenvalue weighted by Gasteiger charge is -2.39. The highest BCUT2D eigenvalue weighted by molar-refractivity contribution is 5.73. The van der Waals surface area contributed by atoms with E-state index in [0.717, 1.165) is 52.9 Å². The molecular weight excluding hydrogens is 564 g/mol. The number of amides is 2. The lowest BCUT2D eigenvalue weighted by atomic mass is 9.98. The molecule has 0 bridgehead atoms. The highest BCUT2D eigenvalue weighted by Crippen LogP contribution is 2.39. The molecule has 3 aromatic carbocycles. The van der Waals surface area contributed by atoms with Gasteiger partial charge in [0, 0.05) is 44.2 Å². The molecule has 240 valence electrons. The van der Waals surface area contributed by atoms with E-state index in [2.05, 4.69) is 69.0 Å². The molecule has 3 aliphatic rings. The van der Waals surface area contributed by atoms with E-state index >= 15 is 0 Å². The van der Waals surface area contributed by atoms with Gasteiger partial charge in [0.25, 0.3) is 0 Å². The Balaban J connectivity index is 1.16. The maximum absolute atomic E-state index is 11.8. The van der Waals surface area contributed by atoms with E-state index in [1.807, 2.05) is 31.2 Å². The van der Waals surface area contributed by atoms with Crippen molar-refractivity contribution in [3.63, 3.8) is 0 Å². The van der Waals surface area contributed by atoms with E-state index in [0.29, 0.717) is 19.1 Å². The zero-order valence-electron chi connectivity index (χ0n) is 26.5. The summed E-state index contributed by atoms with van der Waals surface area (Å²) in [6.45, 7) is 8.70. The Bertz CT molecular complexity index is 1380. The van der Waals surface area contributed by atoms with Crippen molar-refractivity contribution in [2.24, 2.45) is 0 Å². The standard InChI is InChI=1S/C37H48N4O4/c1-2-38-37(43)39-23-28-7-5-8-32(21-28)29-14-16-31(17-15-29)36-44-34(22-35(45-36)30-12-10-27(26-42)11-13-30)25-41-20-6-9-33(41)24-40-18-3-4-19-40/h5,7-8,10-17,21,33-36,42H,2-4,6,9,18-20,22-26H2,1H3,(H2,38,39,43)/t33-,34+,35-,36-/m0/s1. The third kappa shape index (κ3) is 8.31. The number of hydrogen-bond donors (Lipinski definition) is 3. The van der Waals surface area contributed by atoms with Gasteiger partial charge in [-0.2, -0.15) is 0 Å². The van der Waals surface area contributed by atoms with Crippen LogP contribution in [0.2, 0.25) is 0 Å². The average molecular weight is 613 g/mol. The second-order valence-electron chi connectivity index (χ2n) is 12.7. The zero-order valence-corrected chi connectivity index (χ0v) is 26.5. The van der Waals surface area contributed by atoms with Gasteiger partial charge in [0.05, 0.1) is 18.8 Å². The number of nitrogens with one attached hydrogen (secondary N) is 2. The molecule has 45 heavy (non-hydrogen) atoms. The summed E-state index contributed by atoms with van der Waals surface area (Å²) in [7, 11) is 0. The summed E-state index contributed by atoms with van der Waals surface area (Å²) in [4.78, 5) is 17.1. The SMILES string of the molecule is CCNC(=O)NCc1cccc(-c2ccc([C@H]3O[C@@H](CN4CCC[C@H]4CN4CCCC4)C[C@@H](c4ccc(CO)cc4)O3)cc2)c1. The van der Waals surface area contributed by atoms with Crippen LogP contribution in [0.25, 0.3) is 11.1 Å². The van der Waals surface area contributed by atoms with E-state index in [4.69, 9.17) is 9.47 Å². The van der Waals surface area contributed by atoms with Crippen molar-refractivity contribution in [1.82, 2.24) is 20.4 Å². The average Bonchev–Trinajstić information content (AvgIpc) is 3.76. The molecule has 3 saturated heterocycles. The summed E-state index contributed by atoms with van der Waals surface area (Å²) in [5.74, 6) is 0. The second kappa shape index (κ2) is 15.3. The zero-order chi connectivity index (χ0) is 31.0. The fourth-order valence-corrected chi connectivity index (χ4v) is 7.00. The van der Waals surface area contributed by atoms with Crippen LogP contribution >= 0.6 is 0 Å². The first-order valence-electron chi connectivity index (χ1n) is 16.8. The Morgan fingerprint density at radius 3 is 2.38 bits per heavy atom. The Hall–Kier alpha value is -3.27. The number of urea groups is 1. The molecule has 8 nitrogen and oxygen atoms in total. The smallest absolute Gasteiger partial charge is 0.315 e. The number of rotatable bonds is 11. The van der Waals surface area contributed by atoms with Gasteiger partial charge in [0.1, 0.15) is 0 Å². The van der Waals surface area contributed by atoms with Crippen LogP contribution in [0.3, 0.4) is 0 Å². The molecule has 0 aromatic heterocycles. The predicted octanol–water partition coefficient (Wildman–Crippen LogP) is 5.77. The minimum atomic E-state index is -0.465. The van der Waals surface area contributed by atoms with E-state index in [1.54, 1.807) is 0 Å². The number of likely N-dealkylation sites (tertiary alicyclic amines) is 2. The quantitative estimate of drug-likeness (QED) is 0.255. The topological polar surface area (TPSA) is 86.3 Å². The third-order valence-corrected chi connectivity index (χ3v) is 9.45. The monoisotopic (exact) mass is 612 g/mol. The number of hydrogen-bond acceptors (Lipinski definition) is 6. The van der Waals surface area contributed by atoms with Crippen LogP contribution in [0.4, 0.5) is 4.79 Å². The molecule has 0 unspecified atom stereocenters. The Morgan fingerprint density at radius 2 is 1.62 bits per heavy atom. The van der Waals surface area contributed by atoms with Crippen LogP contribution in [0.5, 0.6) is 0 Å². The van der Waals surface area contributed by atoms with Gasteiger partial charge in [-0.3, -0.25) is 4.90 Å². The molecule has 3 aromatic rings. The summed E-state index contributed by atoms with van der Waals surface area (Å²) < 4.78 is 13.4. The Morgan fingerprint density at radius 1 is 0.844 bits per heavy atom. The number of carbonyl (C=O) groups excluding carboxylic acids is 1. The molecule has 2 amide bonds. The minimum Gasteiger partial charge on any atom is -0.392 e. The van der Waals surface area contributed by atoms with E-state index < -0.39 is 6.29 Å². The highest BCUT2D eigenvalue weighted by Gasteiger charge is 2.36. The molecule has 4 atom stereocenters. The first-order chi connectivity index (χ1) is 22.1. The molecular formula is C37H48N4O4. The van der Waals surface area contributed by atoms with Crippen LogP contribution in [-0.2, 0) is 22.6 Å². The molecule has 8 heteroatoms. The molecule has 3 heterocycles. The van der Waals surface area contributed by atoms with Crippen molar-refractivity contribution in [3.05, 3.63) is 95.1 Å². The van der Waals surface area contributed by atoms with Crippen molar-refractivity contribution >= 4 is 6.03 Å². The molecule has 0 aliphatic carbocycles. The first kappa shape index (κ1) is 31.7. The second-order valence-corrected chi connectivity index (χ2v) is 12.7. The van der Waals surface area contributed by atoms with Crippen LogP contribution in [0.1, 0.15) is 73.7 Å². The highest BCUT2D eigenvalue weighted by atomic mass is 16.7. The molecule has 0 spiro atoms. The summed E-state index contributed by atoms with van der Waals surface area (Å²) >= 11 is 0. The van der Waals surface area contributed by atoms with E-state index in [-0.39, 0.29) is 24.8 Å². The van der Waals surface area contributed by atoms with Gasteiger partial charge >= 0.3 is 6.03 Å². The normalized spacial score (nSPS) is 24.1. The summed E-state index contributed by atoms with van der Waals surface area (Å²) in [6, 6.07) is 25.3. The number of benzene rings is 3. The molecule has 0 saturated carbocycles. The number of carbonyl (C=O) groups is 1. The van der Waals surface area contributed by atoms with Crippen molar-refractivity contribution < 1.29 is 19.4 Å². The van der Waals surface area contributed by atoms with Crippen LogP contribution in [0, 0.1) is 0 Å². The fourth-order valence-electron chi connectivity index (χ4n) is 7.00. The number of nitrogens with zero attached hydrogens (tertiary/aromatic N) is 2. The minimum absolute atomic E-state index is 0.0352. The summed E-state index contributed by atoms with van der Waals surface area (Å²) in [5, 5.41) is 15.2.